The molecular formula is C16H22N2O3S. The zero-order valence-electron chi connectivity index (χ0n) is 13.2. The number of hydrogen-bond donors (Lipinski definition) is 1. The number of nitrogens with one attached hydrogen (secondary N) is 1. The number of benzene rings is 1. The van der Waals surface area contributed by atoms with E-state index in [1.807, 2.05) is 38.1 Å². The van der Waals surface area contributed by atoms with E-state index in [2.05, 4.69) is 5.32 Å². The highest BCUT2D eigenvalue weighted by Gasteiger charge is 2.34. The van der Waals surface area contributed by atoms with Gasteiger partial charge in [0.05, 0.1) is 12.9 Å². The van der Waals surface area contributed by atoms with Crippen LogP contribution < -0.4 is 10.1 Å². The lowest BCUT2D eigenvalue weighted by molar-refractivity contribution is -0.129. The first-order chi connectivity index (χ1) is 10.5. The van der Waals surface area contributed by atoms with Crippen molar-refractivity contribution in [2.75, 3.05) is 19.4 Å². The number of rotatable bonds is 6. The van der Waals surface area contributed by atoms with Gasteiger partial charge in [-0.1, -0.05) is 18.2 Å². The standard InChI is InChI=1S/C16H22N2O3S/c1-11(2)17-14(19)8-9-18-15(20)10-22-16(18)12-6-4-5-7-13(12)21-3/h4-7,11,16H,8-10H2,1-3H3,(H,17,19)/t16-/m0/s1. The van der Waals surface area contributed by atoms with Crippen molar-refractivity contribution in [3.05, 3.63) is 29.8 Å². The highest BCUT2D eigenvalue weighted by atomic mass is 32.2. The molecule has 2 rings (SSSR count). The minimum absolute atomic E-state index is 0.0292. The second-order valence-corrected chi connectivity index (χ2v) is 6.53. The molecule has 2 amide bonds. The monoisotopic (exact) mass is 322 g/mol. The Bertz CT molecular complexity index is 548. The molecule has 1 aromatic rings. The topological polar surface area (TPSA) is 58.6 Å². The highest BCUT2D eigenvalue weighted by Crippen LogP contribution is 2.42. The Balaban J connectivity index is 2.08. The summed E-state index contributed by atoms with van der Waals surface area (Å²) >= 11 is 1.57. The Morgan fingerprint density at radius 2 is 2.18 bits per heavy atom. The van der Waals surface area contributed by atoms with Gasteiger partial charge in [-0.25, -0.2) is 0 Å². The smallest absolute Gasteiger partial charge is 0.233 e. The van der Waals surface area contributed by atoms with Crippen LogP contribution in [0.5, 0.6) is 5.75 Å². The molecule has 1 atom stereocenters. The summed E-state index contributed by atoms with van der Waals surface area (Å²) in [6, 6.07) is 7.81. The number of methoxy groups -OCH3 is 1. The molecule has 1 heterocycles. The van der Waals surface area contributed by atoms with Gasteiger partial charge in [0.25, 0.3) is 0 Å². The highest BCUT2D eigenvalue weighted by molar-refractivity contribution is 8.00. The van der Waals surface area contributed by atoms with Gasteiger partial charge in [-0.2, -0.15) is 0 Å². The molecule has 0 bridgehead atoms. The van der Waals surface area contributed by atoms with Crippen molar-refractivity contribution in [2.24, 2.45) is 0 Å². The SMILES string of the molecule is COc1ccccc1[C@@H]1SCC(=O)N1CCC(=O)NC(C)C. The van der Waals surface area contributed by atoms with Gasteiger partial charge in [0.15, 0.2) is 0 Å². The average molecular weight is 322 g/mol. The molecule has 1 aliphatic heterocycles. The Kier molecular flexibility index (Phi) is 5.71. The average Bonchev–Trinajstić information content (AvgIpc) is 2.85. The molecule has 0 radical (unpaired) electrons. The third kappa shape index (κ3) is 3.94. The number of hydrogen-bond acceptors (Lipinski definition) is 4. The summed E-state index contributed by atoms with van der Waals surface area (Å²) in [5.74, 6) is 1.25. The molecule has 1 saturated heterocycles. The Labute approximate surface area is 135 Å². The van der Waals surface area contributed by atoms with Crippen LogP contribution in [0.1, 0.15) is 31.2 Å². The Morgan fingerprint density at radius 3 is 2.86 bits per heavy atom. The molecule has 1 fully saturated rings. The largest absolute Gasteiger partial charge is 0.496 e. The summed E-state index contributed by atoms with van der Waals surface area (Å²) < 4.78 is 5.39. The molecule has 1 aliphatic rings. The molecule has 1 N–H and O–H groups in total. The second-order valence-electron chi connectivity index (χ2n) is 5.46. The first-order valence-electron chi connectivity index (χ1n) is 7.36. The maximum atomic E-state index is 12.1. The van der Waals surface area contributed by atoms with Gasteiger partial charge in [-0.05, 0) is 19.9 Å². The molecule has 22 heavy (non-hydrogen) atoms. The molecule has 1 aromatic carbocycles. The maximum Gasteiger partial charge on any atom is 0.233 e. The summed E-state index contributed by atoms with van der Waals surface area (Å²) in [5, 5.41) is 2.76. The lowest BCUT2D eigenvalue weighted by Crippen LogP contribution is -2.35. The number of carbonyl (C=O) groups excluding carboxylic acids is 2. The van der Waals surface area contributed by atoms with E-state index >= 15 is 0 Å². The van der Waals surface area contributed by atoms with E-state index < -0.39 is 0 Å². The normalized spacial score (nSPS) is 17.9. The number of nitrogens with zero attached hydrogens (tertiary/aromatic N) is 1. The first kappa shape index (κ1) is 16.7. The van der Waals surface area contributed by atoms with Crippen molar-refractivity contribution in [2.45, 2.75) is 31.7 Å². The molecule has 5 nitrogen and oxygen atoms in total. The molecule has 120 valence electrons. The van der Waals surface area contributed by atoms with Gasteiger partial charge in [0, 0.05) is 24.6 Å². The number of carbonyl (C=O) groups is 2. The van der Waals surface area contributed by atoms with Crippen LogP contribution in [0.15, 0.2) is 24.3 Å². The second kappa shape index (κ2) is 7.54. The van der Waals surface area contributed by atoms with E-state index in [1.165, 1.54) is 0 Å². The number of thioether (sulfide) groups is 1. The molecule has 6 heteroatoms. The zero-order chi connectivity index (χ0) is 16.1. The summed E-state index contributed by atoms with van der Waals surface area (Å²) in [4.78, 5) is 25.7. The zero-order valence-corrected chi connectivity index (χ0v) is 14.0. The van der Waals surface area contributed by atoms with Crippen molar-refractivity contribution in [3.63, 3.8) is 0 Å². The van der Waals surface area contributed by atoms with E-state index in [4.69, 9.17) is 4.74 Å². The predicted octanol–water partition coefficient (Wildman–Crippen LogP) is 2.18. The van der Waals surface area contributed by atoms with Gasteiger partial charge < -0.3 is 15.0 Å². The summed E-state index contributed by atoms with van der Waals surface area (Å²) in [5.41, 5.74) is 0.977. The van der Waals surface area contributed by atoms with Crippen molar-refractivity contribution in [3.8, 4) is 5.75 Å². The van der Waals surface area contributed by atoms with Gasteiger partial charge >= 0.3 is 0 Å². The number of amides is 2. The predicted molar refractivity (Wildman–Crippen MR) is 87.8 cm³/mol. The fourth-order valence-corrected chi connectivity index (χ4v) is 3.68. The molecule has 0 unspecified atom stereocenters. The summed E-state index contributed by atoms with van der Waals surface area (Å²) in [7, 11) is 1.63. The molecule has 0 aromatic heterocycles. The molecule has 0 aliphatic carbocycles. The molecular weight excluding hydrogens is 300 g/mol. The van der Waals surface area contributed by atoms with Crippen LogP contribution in [0.2, 0.25) is 0 Å². The molecule has 0 saturated carbocycles. The fraction of sp³-hybridized carbons (Fsp3) is 0.500. The van der Waals surface area contributed by atoms with Crippen molar-refractivity contribution in [1.29, 1.82) is 0 Å². The quantitative estimate of drug-likeness (QED) is 0.872. The van der Waals surface area contributed by atoms with Crippen molar-refractivity contribution >= 4 is 23.6 Å². The Morgan fingerprint density at radius 1 is 1.45 bits per heavy atom. The van der Waals surface area contributed by atoms with Crippen LogP contribution in [0.3, 0.4) is 0 Å². The van der Waals surface area contributed by atoms with Gasteiger partial charge in [-0.15, -0.1) is 11.8 Å². The van der Waals surface area contributed by atoms with Crippen LogP contribution in [-0.4, -0.2) is 42.2 Å². The van der Waals surface area contributed by atoms with Gasteiger partial charge in [0.2, 0.25) is 11.8 Å². The fourth-order valence-electron chi connectivity index (χ4n) is 2.44. The van der Waals surface area contributed by atoms with E-state index in [0.29, 0.717) is 18.7 Å². The van der Waals surface area contributed by atoms with Gasteiger partial charge in [-0.3, -0.25) is 9.59 Å². The minimum Gasteiger partial charge on any atom is -0.496 e. The minimum atomic E-state index is -0.0875. The summed E-state index contributed by atoms with van der Waals surface area (Å²) in [6.45, 7) is 4.27. The maximum absolute atomic E-state index is 12.1. The molecule has 0 spiro atoms. The first-order valence-corrected chi connectivity index (χ1v) is 8.41. The van der Waals surface area contributed by atoms with E-state index in [9.17, 15) is 9.59 Å². The number of ether oxygens (including phenoxy) is 1. The van der Waals surface area contributed by atoms with Gasteiger partial charge in [0.1, 0.15) is 11.1 Å². The van der Waals surface area contributed by atoms with Crippen LogP contribution in [-0.2, 0) is 9.59 Å². The van der Waals surface area contributed by atoms with Crippen LogP contribution in [0.25, 0.3) is 0 Å². The Hall–Kier alpha value is -1.69. The van der Waals surface area contributed by atoms with Crippen LogP contribution in [0, 0.1) is 0 Å². The third-order valence-electron chi connectivity index (χ3n) is 3.40. The van der Waals surface area contributed by atoms with Crippen LogP contribution >= 0.6 is 11.8 Å². The van der Waals surface area contributed by atoms with E-state index in [-0.39, 0.29) is 23.2 Å². The number of para-hydroxylation sites is 1. The lowest BCUT2D eigenvalue weighted by Gasteiger charge is -2.25. The van der Waals surface area contributed by atoms with E-state index in [1.54, 1.807) is 23.8 Å². The van der Waals surface area contributed by atoms with Crippen molar-refractivity contribution < 1.29 is 14.3 Å². The third-order valence-corrected chi connectivity index (χ3v) is 4.64. The van der Waals surface area contributed by atoms with Crippen LogP contribution in [0.4, 0.5) is 0 Å². The van der Waals surface area contributed by atoms with Crippen molar-refractivity contribution in [1.82, 2.24) is 10.2 Å². The summed E-state index contributed by atoms with van der Waals surface area (Å²) in [6.07, 6.45) is 0.316. The van der Waals surface area contributed by atoms with E-state index in [0.717, 1.165) is 11.3 Å². The lowest BCUT2D eigenvalue weighted by atomic mass is 10.1.